The van der Waals surface area contributed by atoms with E-state index in [2.05, 4.69) is 6.58 Å². The molecule has 1 unspecified atom stereocenters. The number of carbonyl (C=O) groups excluding carboxylic acids is 3. The van der Waals surface area contributed by atoms with Gasteiger partial charge < -0.3 is 4.74 Å². The number of ether oxygens (including phenoxy) is 1. The lowest BCUT2D eigenvalue weighted by Gasteiger charge is -2.13. The highest BCUT2D eigenvalue weighted by Crippen LogP contribution is 2.16. The van der Waals surface area contributed by atoms with Crippen LogP contribution in [0.15, 0.2) is 12.2 Å². The van der Waals surface area contributed by atoms with Crippen LogP contribution in [0.2, 0.25) is 0 Å². The molecule has 5 heteroatoms. The summed E-state index contributed by atoms with van der Waals surface area (Å²) in [4.78, 5) is 33.0. The first kappa shape index (κ1) is 14.9. The number of rotatable bonds is 6. The normalized spacial score (nSPS) is 11.7. The Morgan fingerprint density at radius 3 is 2.19 bits per heavy atom. The molecule has 90 valence electrons. The van der Waals surface area contributed by atoms with Gasteiger partial charge in [-0.3, -0.25) is 9.59 Å². The molecule has 0 saturated heterocycles. The van der Waals surface area contributed by atoms with Gasteiger partial charge >= 0.3 is 5.97 Å². The van der Waals surface area contributed by atoms with Gasteiger partial charge in [0.05, 0.1) is 5.25 Å². The van der Waals surface area contributed by atoms with Gasteiger partial charge in [0.1, 0.15) is 12.4 Å². The number of hydrogen-bond donors (Lipinski definition) is 0. The lowest BCUT2D eigenvalue weighted by atomic mass is 10.2. The Labute approximate surface area is 99.4 Å². The molecule has 0 saturated carbocycles. The molecule has 0 N–H and O–H groups in total. The maximum atomic E-state index is 11.1. The molecule has 0 amide bonds. The fourth-order valence-corrected chi connectivity index (χ4v) is 1.91. The van der Waals surface area contributed by atoms with Gasteiger partial charge in [-0.15, -0.1) is 0 Å². The SMILES string of the molecule is C=C(C)C(=O)OCC(CC(C)=O)SC(C)=O. The van der Waals surface area contributed by atoms with Crippen LogP contribution in [0.1, 0.15) is 27.2 Å². The van der Waals surface area contributed by atoms with E-state index in [1.165, 1.54) is 13.8 Å². The molecule has 4 nitrogen and oxygen atoms in total. The zero-order valence-corrected chi connectivity index (χ0v) is 10.6. The summed E-state index contributed by atoms with van der Waals surface area (Å²) in [5.41, 5.74) is 0.300. The van der Waals surface area contributed by atoms with Crippen LogP contribution in [0.4, 0.5) is 0 Å². The van der Waals surface area contributed by atoms with Gasteiger partial charge in [0.2, 0.25) is 0 Å². The average Bonchev–Trinajstić information content (AvgIpc) is 2.11. The second kappa shape index (κ2) is 7.22. The first-order valence-electron chi connectivity index (χ1n) is 4.82. The van der Waals surface area contributed by atoms with Crippen LogP contribution in [0, 0.1) is 0 Å². The second-order valence-electron chi connectivity index (χ2n) is 3.52. The molecule has 0 heterocycles. The summed E-state index contributed by atoms with van der Waals surface area (Å²) in [6.07, 6.45) is 0.216. The van der Waals surface area contributed by atoms with E-state index in [0.717, 1.165) is 11.8 Å². The Bertz CT molecular complexity index is 293. The van der Waals surface area contributed by atoms with Crippen LogP contribution in [0.3, 0.4) is 0 Å². The van der Waals surface area contributed by atoms with Crippen LogP contribution in [0.25, 0.3) is 0 Å². The van der Waals surface area contributed by atoms with E-state index >= 15 is 0 Å². The molecule has 0 bridgehead atoms. The van der Waals surface area contributed by atoms with Gasteiger partial charge in [-0.05, 0) is 13.8 Å². The van der Waals surface area contributed by atoms with Gasteiger partial charge in [-0.2, -0.15) is 0 Å². The Kier molecular flexibility index (Phi) is 6.72. The predicted octanol–water partition coefficient (Wildman–Crippen LogP) is 1.73. The maximum absolute atomic E-state index is 11.1. The molecule has 0 aliphatic carbocycles. The third-order valence-electron chi connectivity index (χ3n) is 1.60. The number of hydrogen-bond acceptors (Lipinski definition) is 5. The highest BCUT2D eigenvalue weighted by Gasteiger charge is 2.17. The topological polar surface area (TPSA) is 60.4 Å². The first-order valence-corrected chi connectivity index (χ1v) is 5.70. The molecule has 0 aromatic rings. The van der Waals surface area contributed by atoms with Crippen molar-refractivity contribution < 1.29 is 19.1 Å². The smallest absolute Gasteiger partial charge is 0.333 e. The van der Waals surface area contributed by atoms with Crippen LogP contribution in [0.5, 0.6) is 0 Å². The first-order chi connectivity index (χ1) is 7.32. The lowest BCUT2D eigenvalue weighted by Crippen LogP contribution is -2.20. The van der Waals surface area contributed by atoms with Crippen molar-refractivity contribution in [3.05, 3.63) is 12.2 Å². The van der Waals surface area contributed by atoms with Gasteiger partial charge in [0.15, 0.2) is 5.12 Å². The van der Waals surface area contributed by atoms with Gasteiger partial charge in [-0.1, -0.05) is 18.3 Å². The van der Waals surface area contributed by atoms with Gasteiger partial charge in [-0.25, -0.2) is 4.79 Å². The molecule has 0 aliphatic rings. The maximum Gasteiger partial charge on any atom is 0.333 e. The quantitative estimate of drug-likeness (QED) is 0.526. The van der Waals surface area contributed by atoms with E-state index in [4.69, 9.17) is 4.74 Å². The summed E-state index contributed by atoms with van der Waals surface area (Å²) < 4.78 is 4.90. The van der Waals surface area contributed by atoms with E-state index in [1.54, 1.807) is 6.92 Å². The summed E-state index contributed by atoms with van der Waals surface area (Å²) in [6.45, 7) is 7.89. The Balaban J connectivity index is 4.20. The minimum absolute atomic E-state index is 0.0369. The van der Waals surface area contributed by atoms with Crippen molar-refractivity contribution in [2.75, 3.05) is 6.61 Å². The summed E-state index contributed by atoms with van der Waals surface area (Å²) in [5.74, 6) is -0.539. The van der Waals surface area contributed by atoms with Crippen LogP contribution >= 0.6 is 11.8 Å². The van der Waals surface area contributed by atoms with Crippen molar-refractivity contribution >= 4 is 28.6 Å². The van der Waals surface area contributed by atoms with Gasteiger partial charge in [0.25, 0.3) is 0 Å². The molecule has 0 fully saturated rings. The van der Waals surface area contributed by atoms with E-state index in [9.17, 15) is 14.4 Å². The molecule has 0 radical (unpaired) electrons. The third-order valence-corrected chi connectivity index (χ3v) is 2.56. The number of esters is 1. The molecule has 0 rings (SSSR count). The summed E-state index contributed by atoms with van der Waals surface area (Å²) >= 11 is 1.01. The van der Waals surface area contributed by atoms with Crippen molar-refractivity contribution in [2.24, 2.45) is 0 Å². The van der Waals surface area contributed by atoms with E-state index in [-0.39, 0.29) is 29.2 Å². The molecular weight excluding hydrogens is 228 g/mol. The highest BCUT2D eigenvalue weighted by atomic mass is 32.2. The number of Topliss-reactive ketones (excluding diaryl/α,β-unsaturated/α-hetero) is 1. The highest BCUT2D eigenvalue weighted by molar-refractivity contribution is 8.14. The number of carbonyl (C=O) groups is 3. The fraction of sp³-hybridized carbons (Fsp3) is 0.545. The van der Waals surface area contributed by atoms with Crippen molar-refractivity contribution in [3.63, 3.8) is 0 Å². The lowest BCUT2D eigenvalue weighted by molar-refractivity contribution is -0.139. The molecule has 0 aromatic heterocycles. The average molecular weight is 244 g/mol. The second-order valence-corrected chi connectivity index (χ2v) is 4.99. The molecule has 0 spiro atoms. The van der Waals surface area contributed by atoms with Crippen LogP contribution in [-0.4, -0.2) is 28.7 Å². The van der Waals surface area contributed by atoms with E-state index < -0.39 is 5.97 Å². The Hall–Kier alpha value is -1.10. The van der Waals surface area contributed by atoms with Crippen molar-refractivity contribution in [1.82, 2.24) is 0 Å². The standard InChI is InChI=1S/C11H16O4S/c1-7(2)11(14)15-6-10(5-8(3)12)16-9(4)13/h10H,1,5-6H2,2-4H3. The zero-order valence-electron chi connectivity index (χ0n) is 9.74. The molecule has 16 heavy (non-hydrogen) atoms. The third kappa shape index (κ3) is 7.23. The van der Waals surface area contributed by atoms with E-state index in [1.807, 2.05) is 0 Å². The zero-order chi connectivity index (χ0) is 12.7. The van der Waals surface area contributed by atoms with Crippen molar-refractivity contribution in [3.8, 4) is 0 Å². The fourth-order valence-electron chi connectivity index (χ4n) is 0.982. The largest absolute Gasteiger partial charge is 0.461 e. The van der Waals surface area contributed by atoms with E-state index in [0.29, 0.717) is 5.57 Å². The van der Waals surface area contributed by atoms with Gasteiger partial charge in [0, 0.05) is 18.9 Å². The summed E-state index contributed by atoms with van der Waals surface area (Å²) in [5, 5.41) is -0.407. The predicted molar refractivity (Wildman–Crippen MR) is 63.1 cm³/mol. The minimum Gasteiger partial charge on any atom is -0.461 e. The molecule has 0 aromatic carbocycles. The van der Waals surface area contributed by atoms with Crippen molar-refractivity contribution in [1.29, 1.82) is 0 Å². The number of ketones is 1. The minimum atomic E-state index is -0.502. The van der Waals surface area contributed by atoms with Crippen LogP contribution < -0.4 is 0 Å². The molecule has 1 atom stereocenters. The Morgan fingerprint density at radius 2 is 1.81 bits per heavy atom. The summed E-state index contributed by atoms with van der Waals surface area (Å²) in [7, 11) is 0. The summed E-state index contributed by atoms with van der Waals surface area (Å²) in [6, 6.07) is 0. The van der Waals surface area contributed by atoms with Crippen molar-refractivity contribution in [2.45, 2.75) is 32.4 Å². The molecular formula is C11H16O4S. The number of thioether (sulfide) groups is 1. The molecule has 0 aliphatic heterocycles. The Morgan fingerprint density at radius 1 is 1.25 bits per heavy atom. The monoisotopic (exact) mass is 244 g/mol. The van der Waals surface area contributed by atoms with Crippen LogP contribution in [-0.2, 0) is 19.1 Å².